The first-order valence-electron chi connectivity index (χ1n) is 12.5. The highest BCUT2D eigenvalue weighted by Gasteiger charge is 2.38. The molecule has 0 saturated carbocycles. The van der Waals surface area contributed by atoms with E-state index in [4.69, 9.17) is 0 Å². The molecule has 0 bridgehead atoms. The van der Waals surface area contributed by atoms with Crippen LogP contribution in [0.1, 0.15) is 28.7 Å². The largest absolute Gasteiger partial charge is 0.573 e. The van der Waals surface area contributed by atoms with Crippen molar-refractivity contribution in [2.24, 2.45) is 0 Å². The molecular weight excluding hydrogens is 606 g/mol. The molecule has 0 heterocycles. The van der Waals surface area contributed by atoms with Crippen LogP contribution in [-0.2, 0) is 12.5 Å². The Morgan fingerprint density at radius 3 is 1.80 bits per heavy atom. The van der Waals surface area contributed by atoms with Gasteiger partial charge in [-0.1, -0.05) is 48.2 Å². The van der Waals surface area contributed by atoms with Gasteiger partial charge in [0, 0.05) is 17.7 Å². The SMILES string of the molecule is C=CCCc1ccc(-c2ccc(C(F)(F)Oc3cc(F)c(C#Cc4cc(F)c(OC(F)(F)F)c(F)c4)c(F)c3)c(F)c2)cc1. The zero-order chi connectivity index (χ0) is 32.2. The molecule has 0 fully saturated rings. The van der Waals surface area contributed by atoms with Gasteiger partial charge < -0.3 is 9.47 Å². The van der Waals surface area contributed by atoms with E-state index in [9.17, 15) is 43.9 Å². The van der Waals surface area contributed by atoms with Gasteiger partial charge in [0.2, 0.25) is 5.75 Å². The first-order valence-corrected chi connectivity index (χ1v) is 12.5. The fraction of sp³-hybridized carbons (Fsp3) is 0.125. The van der Waals surface area contributed by atoms with Gasteiger partial charge in [0.05, 0.1) is 11.1 Å². The molecule has 4 aromatic carbocycles. The van der Waals surface area contributed by atoms with Crippen LogP contribution < -0.4 is 9.47 Å². The predicted molar refractivity (Wildman–Crippen MR) is 140 cm³/mol. The maximum Gasteiger partial charge on any atom is 0.573 e. The summed E-state index contributed by atoms with van der Waals surface area (Å²) in [5.41, 5.74) is -1.03. The zero-order valence-electron chi connectivity index (χ0n) is 22.1. The zero-order valence-corrected chi connectivity index (χ0v) is 22.1. The molecule has 0 atom stereocenters. The maximum atomic E-state index is 14.9. The third-order valence-corrected chi connectivity index (χ3v) is 6.02. The molecule has 0 aliphatic heterocycles. The molecule has 0 N–H and O–H groups in total. The Morgan fingerprint density at radius 1 is 0.659 bits per heavy atom. The molecule has 0 aromatic heterocycles. The van der Waals surface area contributed by atoms with Crippen molar-refractivity contribution in [2.45, 2.75) is 25.3 Å². The minimum absolute atomic E-state index is 0.291. The maximum absolute atomic E-state index is 14.9. The smallest absolute Gasteiger partial charge is 0.429 e. The molecule has 4 rings (SSSR count). The standard InChI is InChI=1S/C32H18F10O2/c1-2-3-4-18-5-8-20(9-6-18)21-10-12-24(27(35)15-21)31(38,39)43-22-16-25(33)23(26(34)17-22)11-7-19-13-28(36)30(29(37)14-19)44-32(40,41)42/h2,5-6,8-10,12-17H,1,3-4H2. The van der Waals surface area contributed by atoms with E-state index in [1.54, 1.807) is 30.3 Å². The van der Waals surface area contributed by atoms with E-state index in [1.165, 1.54) is 6.07 Å². The quantitative estimate of drug-likeness (QED) is 0.110. The van der Waals surface area contributed by atoms with Crippen molar-refractivity contribution in [2.75, 3.05) is 0 Å². The van der Waals surface area contributed by atoms with Crippen molar-refractivity contribution >= 4 is 0 Å². The number of benzene rings is 4. The van der Waals surface area contributed by atoms with E-state index in [1.807, 2.05) is 11.8 Å². The minimum atomic E-state index is -5.39. The van der Waals surface area contributed by atoms with Gasteiger partial charge >= 0.3 is 12.5 Å². The average Bonchev–Trinajstić information content (AvgIpc) is 2.93. The van der Waals surface area contributed by atoms with Crippen molar-refractivity contribution < 1.29 is 53.4 Å². The second-order valence-electron chi connectivity index (χ2n) is 9.17. The normalized spacial score (nSPS) is 11.5. The second-order valence-corrected chi connectivity index (χ2v) is 9.17. The Balaban J connectivity index is 1.53. The van der Waals surface area contributed by atoms with Gasteiger partial charge in [-0.25, -0.2) is 22.0 Å². The van der Waals surface area contributed by atoms with Crippen molar-refractivity contribution in [1.29, 1.82) is 0 Å². The van der Waals surface area contributed by atoms with Gasteiger partial charge in [0.1, 0.15) is 23.2 Å². The Morgan fingerprint density at radius 2 is 1.25 bits per heavy atom. The average molecular weight is 624 g/mol. The van der Waals surface area contributed by atoms with Gasteiger partial charge in [0.25, 0.3) is 0 Å². The van der Waals surface area contributed by atoms with E-state index in [0.717, 1.165) is 30.5 Å². The molecule has 228 valence electrons. The van der Waals surface area contributed by atoms with Gasteiger partial charge in [0.15, 0.2) is 11.6 Å². The Labute approximate surface area is 244 Å². The minimum Gasteiger partial charge on any atom is -0.429 e. The Hall–Kier alpha value is -4.92. The summed E-state index contributed by atoms with van der Waals surface area (Å²) in [5.74, 6) is -6.97. The highest BCUT2D eigenvalue weighted by molar-refractivity contribution is 5.64. The number of allylic oxidation sites excluding steroid dienone is 1. The number of ether oxygens (including phenoxy) is 2. The lowest BCUT2D eigenvalue weighted by molar-refractivity contribution is -0.276. The predicted octanol–water partition coefficient (Wildman–Crippen LogP) is 9.59. The van der Waals surface area contributed by atoms with E-state index >= 15 is 0 Å². The third-order valence-electron chi connectivity index (χ3n) is 6.02. The molecule has 0 aliphatic carbocycles. The molecular formula is C32H18F10O2. The van der Waals surface area contributed by atoms with Crippen molar-refractivity contribution in [3.63, 3.8) is 0 Å². The molecule has 0 spiro atoms. The number of hydrogen-bond acceptors (Lipinski definition) is 2. The van der Waals surface area contributed by atoms with Gasteiger partial charge in [-0.15, -0.1) is 19.8 Å². The molecule has 0 radical (unpaired) electrons. The molecule has 0 amide bonds. The van der Waals surface area contributed by atoms with Crippen molar-refractivity contribution in [3.05, 3.63) is 131 Å². The van der Waals surface area contributed by atoms with Crippen LogP contribution in [0.4, 0.5) is 43.9 Å². The highest BCUT2D eigenvalue weighted by atomic mass is 19.4. The summed E-state index contributed by atoms with van der Waals surface area (Å²) < 4.78 is 146. The van der Waals surface area contributed by atoms with E-state index in [0.29, 0.717) is 35.4 Å². The van der Waals surface area contributed by atoms with Crippen LogP contribution in [0, 0.1) is 40.9 Å². The van der Waals surface area contributed by atoms with E-state index in [-0.39, 0.29) is 0 Å². The fourth-order valence-electron chi connectivity index (χ4n) is 3.97. The summed E-state index contributed by atoms with van der Waals surface area (Å²) in [4.78, 5) is 0. The molecule has 0 saturated heterocycles. The summed E-state index contributed by atoms with van der Waals surface area (Å²) in [6.45, 7) is 3.65. The number of halogens is 10. The highest BCUT2D eigenvalue weighted by Crippen LogP contribution is 2.36. The number of alkyl halides is 5. The van der Waals surface area contributed by atoms with Crippen LogP contribution >= 0.6 is 0 Å². The van der Waals surface area contributed by atoms with Crippen LogP contribution in [0.25, 0.3) is 11.1 Å². The van der Waals surface area contributed by atoms with Crippen molar-refractivity contribution in [3.8, 4) is 34.5 Å². The molecule has 0 aliphatic rings. The first-order chi connectivity index (χ1) is 20.7. The summed E-state index contributed by atoms with van der Waals surface area (Å²) >= 11 is 0. The summed E-state index contributed by atoms with van der Waals surface area (Å²) in [6, 6.07) is 11.1. The van der Waals surface area contributed by atoms with Crippen LogP contribution in [0.2, 0.25) is 0 Å². The second kappa shape index (κ2) is 12.8. The molecule has 2 nitrogen and oxygen atoms in total. The van der Waals surface area contributed by atoms with Crippen LogP contribution in [0.15, 0.2) is 79.4 Å². The molecule has 44 heavy (non-hydrogen) atoms. The fourth-order valence-corrected chi connectivity index (χ4v) is 3.97. The van der Waals surface area contributed by atoms with Crippen LogP contribution in [-0.4, -0.2) is 6.36 Å². The third kappa shape index (κ3) is 7.72. The van der Waals surface area contributed by atoms with Crippen molar-refractivity contribution in [1.82, 2.24) is 0 Å². The first kappa shape index (κ1) is 32.0. The summed E-state index contributed by atoms with van der Waals surface area (Å²) in [5, 5.41) is 0. The van der Waals surface area contributed by atoms with Gasteiger partial charge in [-0.3, -0.25) is 0 Å². The number of rotatable bonds is 8. The van der Waals surface area contributed by atoms with E-state index in [2.05, 4.69) is 16.1 Å². The molecule has 0 unspecified atom stereocenters. The van der Waals surface area contributed by atoms with Crippen LogP contribution in [0.3, 0.4) is 0 Å². The summed E-state index contributed by atoms with van der Waals surface area (Å²) in [6.07, 6.45) is -6.51. The number of aryl methyl sites for hydroxylation is 1. The topological polar surface area (TPSA) is 18.5 Å². The monoisotopic (exact) mass is 624 g/mol. The van der Waals surface area contributed by atoms with E-state index < -0.39 is 69.7 Å². The molecule has 12 heteroatoms. The lowest BCUT2D eigenvalue weighted by atomic mass is 10.0. The van der Waals surface area contributed by atoms with Gasteiger partial charge in [-0.2, -0.15) is 8.78 Å². The summed E-state index contributed by atoms with van der Waals surface area (Å²) in [7, 11) is 0. The Kier molecular flexibility index (Phi) is 9.27. The number of hydrogen-bond donors (Lipinski definition) is 0. The lowest BCUT2D eigenvalue weighted by Crippen LogP contribution is -2.23. The molecule has 4 aromatic rings. The van der Waals surface area contributed by atoms with Gasteiger partial charge in [-0.05, 0) is 53.8 Å². The lowest BCUT2D eigenvalue weighted by Gasteiger charge is -2.19. The Bertz CT molecular complexity index is 1700. The van der Waals surface area contributed by atoms with Crippen LogP contribution in [0.5, 0.6) is 11.5 Å².